The van der Waals surface area contributed by atoms with Crippen molar-refractivity contribution in [2.45, 2.75) is 13.5 Å². The number of phenols is 1. The average molecular weight is 272 g/mol. The van der Waals surface area contributed by atoms with Crippen molar-refractivity contribution in [3.63, 3.8) is 0 Å². The van der Waals surface area contributed by atoms with E-state index in [2.05, 4.69) is 15.2 Å². The molecular weight excluding hydrogens is 256 g/mol. The molecule has 0 fully saturated rings. The Kier molecular flexibility index (Phi) is 4.14. The molecule has 1 aromatic carbocycles. The number of hydrogen-bond donors (Lipinski definition) is 2. The summed E-state index contributed by atoms with van der Waals surface area (Å²) in [5.41, 5.74) is 0.846. The fourth-order valence-electron chi connectivity index (χ4n) is 1.63. The molecule has 20 heavy (non-hydrogen) atoms. The highest BCUT2D eigenvalue weighted by Crippen LogP contribution is 2.11. The minimum Gasteiger partial charge on any atom is -0.508 e. The monoisotopic (exact) mass is 272 g/mol. The summed E-state index contributed by atoms with van der Waals surface area (Å²) in [5.74, 6) is 1.36. The summed E-state index contributed by atoms with van der Waals surface area (Å²) in [5, 5.41) is 15.9. The van der Waals surface area contributed by atoms with Crippen LogP contribution in [0.25, 0.3) is 6.08 Å². The molecule has 2 rings (SSSR count). The van der Waals surface area contributed by atoms with Crippen LogP contribution in [0.3, 0.4) is 0 Å². The van der Waals surface area contributed by atoms with Gasteiger partial charge in [-0.3, -0.25) is 9.89 Å². The van der Waals surface area contributed by atoms with Crippen LogP contribution in [0.5, 0.6) is 5.75 Å². The number of nitrogens with one attached hydrogen (secondary N) is 1. The molecule has 6 heteroatoms. The predicted octanol–water partition coefficient (Wildman–Crippen LogP) is 1.49. The van der Waals surface area contributed by atoms with Crippen LogP contribution in [0.1, 0.15) is 17.2 Å². The van der Waals surface area contributed by atoms with Crippen LogP contribution in [-0.2, 0) is 11.3 Å². The molecule has 0 spiro atoms. The van der Waals surface area contributed by atoms with Crippen molar-refractivity contribution in [2.75, 3.05) is 7.05 Å². The first-order valence-electron chi connectivity index (χ1n) is 6.14. The molecule has 0 saturated carbocycles. The molecule has 1 heterocycles. The molecule has 6 nitrogen and oxygen atoms in total. The van der Waals surface area contributed by atoms with Gasteiger partial charge in [0, 0.05) is 13.1 Å². The van der Waals surface area contributed by atoms with Gasteiger partial charge >= 0.3 is 0 Å². The van der Waals surface area contributed by atoms with Gasteiger partial charge in [-0.15, -0.1) is 0 Å². The molecule has 0 aliphatic heterocycles. The zero-order valence-corrected chi connectivity index (χ0v) is 11.4. The summed E-state index contributed by atoms with van der Waals surface area (Å²) in [6, 6.07) is 6.62. The lowest BCUT2D eigenvalue weighted by Crippen LogP contribution is -2.24. The number of benzene rings is 1. The number of aromatic amines is 1. The van der Waals surface area contributed by atoms with Crippen LogP contribution >= 0.6 is 0 Å². The lowest BCUT2D eigenvalue weighted by atomic mass is 10.2. The van der Waals surface area contributed by atoms with Crippen LogP contribution in [0, 0.1) is 6.92 Å². The van der Waals surface area contributed by atoms with Crippen molar-refractivity contribution < 1.29 is 9.90 Å². The quantitative estimate of drug-likeness (QED) is 0.826. The molecule has 2 aromatic rings. The minimum absolute atomic E-state index is 0.138. The van der Waals surface area contributed by atoms with Crippen LogP contribution in [0.15, 0.2) is 30.3 Å². The van der Waals surface area contributed by atoms with Crippen molar-refractivity contribution >= 4 is 12.0 Å². The SMILES string of the molecule is Cc1nc(CN(C)C(=O)C=Cc2ccc(O)cc2)n[nH]1. The second-order valence-electron chi connectivity index (χ2n) is 4.46. The minimum atomic E-state index is -0.138. The van der Waals surface area contributed by atoms with Gasteiger partial charge in [0.1, 0.15) is 11.6 Å². The number of aromatic hydroxyl groups is 1. The summed E-state index contributed by atoms with van der Waals surface area (Å²) in [6.45, 7) is 2.16. The number of nitrogens with zero attached hydrogens (tertiary/aromatic N) is 3. The van der Waals surface area contributed by atoms with Gasteiger partial charge in [0.25, 0.3) is 0 Å². The third-order valence-electron chi connectivity index (χ3n) is 2.71. The summed E-state index contributed by atoms with van der Waals surface area (Å²) in [4.78, 5) is 17.6. The van der Waals surface area contributed by atoms with Crippen molar-refractivity contribution in [1.82, 2.24) is 20.1 Å². The Morgan fingerprint density at radius 3 is 2.70 bits per heavy atom. The van der Waals surface area contributed by atoms with Gasteiger partial charge in [-0.2, -0.15) is 5.10 Å². The van der Waals surface area contributed by atoms with Crippen molar-refractivity contribution in [3.05, 3.63) is 47.6 Å². The zero-order valence-electron chi connectivity index (χ0n) is 11.4. The zero-order chi connectivity index (χ0) is 14.5. The number of phenolic OH excluding ortho intramolecular Hbond substituents is 1. The average Bonchev–Trinajstić information content (AvgIpc) is 2.83. The fourth-order valence-corrected chi connectivity index (χ4v) is 1.63. The third-order valence-corrected chi connectivity index (χ3v) is 2.71. The molecule has 0 bridgehead atoms. The fraction of sp³-hybridized carbons (Fsp3) is 0.214. The lowest BCUT2D eigenvalue weighted by molar-refractivity contribution is -0.125. The third kappa shape index (κ3) is 3.68. The summed E-state index contributed by atoms with van der Waals surface area (Å²) >= 11 is 0. The topological polar surface area (TPSA) is 82.1 Å². The molecule has 1 aromatic heterocycles. The molecule has 0 radical (unpaired) electrons. The van der Waals surface area contributed by atoms with Crippen molar-refractivity contribution in [2.24, 2.45) is 0 Å². The van der Waals surface area contributed by atoms with Gasteiger partial charge in [0.05, 0.1) is 6.54 Å². The maximum absolute atomic E-state index is 11.9. The first kappa shape index (κ1) is 13.8. The number of rotatable bonds is 4. The van der Waals surface area contributed by atoms with E-state index in [4.69, 9.17) is 0 Å². The van der Waals surface area contributed by atoms with Gasteiger partial charge in [-0.05, 0) is 30.7 Å². The van der Waals surface area contributed by atoms with Gasteiger partial charge in [0.2, 0.25) is 5.91 Å². The highest BCUT2D eigenvalue weighted by Gasteiger charge is 2.08. The van der Waals surface area contributed by atoms with Crippen LogP contribution in [0.4, 0.5) is 0 Å². The van der Waals surface area contributed by atoms with Crippen molar-refractivity contribution in [1.29, 1.82) is 0 Å². The van der Waals surface area contributed by atoms with Crippen LogP contribution in [-0.4, -0.2) is 38.1 Å². The highest BCUT2D eigenvalue weighted by molar-refractivity contribution is 5.91. The maximum Gasteiger partial charge on any atom is 0.246 e. The number of aryl methyl sites for hydroxylation is 1. The smallest absolute Gasteiger partial charge is 0.246 e. The van der Waals surface area contributed by atoms with Crippen molar-refractivity contribution in [3.8, 4) is 5.75 Å². The van der Waals surface area contributed by atoms with E-state index >= 15 is 0 Å². The maximum atomic E-state index is 11.9. The normalized spacial score (nSPS) is 10.9. The number of likely N-dealkylation sites (N-methyl/N-ethyl adjacent to an activating group) is 1. The molecule has 0 saturated heterocycles. The number of carbonyl (C=O) groups is 1. The lowest BCUT2D eigenvalue weighted by Gasteiger charge is -2.12. The molecule has 104 valence electrons. The first-order valence-corrected chi connectivity index (χ1v) is 6.14. The molecular formula is C14H16N4O2. The van der Waals surface area contributed by atoms with Gasteiger partial charge in [-0.25, -0.2) is 4.98 Å². The van der Waals surface area contributed by atoms with E-state index in [0.29, 0.717) is 12.4 Å². The Hall–Kier alpha value is -2.63. The Bertz CT molecular complexity index is 616. The Morgan fingerprint density at radius 2 is 2.10 bits per heavy atom. The number of amides is 1. The van der Waals surface area contributed by atoms with E-state index < -0.39 is 0 Å². The molecule has 1 amide bonds. The van der Waals surface area contributed by atoms with Crippen LogP contribution in [0.2, 0.25) is 0 Å². The number of hydrogen-bond acceptors (Lipinski definition) is 4. The Balaban J connectivity index is 1.95. The van der Waals surface area contributed by atoms with E-state index in [1.54, 1.807) is 37.4 Å². The summed E-state index contributed by atoms with van der Waals surface area (Å²) in [6.07, 6.45) is 3.17. The number of aromatic nitrogens is 3. The number of H-pyrrole nitrogens is 1. The molecule has 0 atom stereocenters. The first-order chi connectivity index (χ1) is 9.54. The molecule has 0 aliphatic rings. The predicted molar refractivity (Wildman–Crippen MR) is 74.7 cm³/mol. The van der Waals surface area contributed by atoms with E-state index in [-0.39, 0.29) is 11.7 Å². The van der Waals surface area contributed by atoms with Gasteiger partial charge in [-0.1, -0.05) is 12.1 Å². The standard InChI is InChI=1S/C14H16N4O2/c1-10-15-13(17-16-10)9-18(2)14(20)8-5-11-3-6-12(19)7-4-11/h3-8,19H,9H2,1-2H3,(H,15,16,17). The Morgan fingerprint density at radius 1 is 1.40 bits per heavy atom. The summed E-state index contributed by atoms with van der Waals surface area (Å²) < 4.78 is 0. The van der Waals surface area contributed by atoms with Crippen LogP contribution < -0.4 is 0 Å². The van der Waals surface area contributed by atoms with Gasteiger partial charge in [0.15, 0.2) is 5.82 Å². The number of carbonyl (C=O) groups excluding carboxylic acids is 1. The second-order valence-corrected chi connectivity index (χ2v) is 4.46. The summed E-state index contributed by atoms with van der Waals surface area (Å²) in [7, 11) is 1.69. The molecule has 2 N–H and O–H groups in total. The molecule has 0 aliphatic carbocycles. The highest BCUT2D eigenvalue weighted by atomic mass is 16.3. The molecule has 0 unspecified atom stereocenters. The largest absolute Gasteiger partial charge is 0.508 e. The van der Waals surface area contributed by atoms with E-state index in [1.165, 1.54) is 11.0 Å². The van der Waals surface area contributed by atoms with Gasteiger partial charge < -0.3 is 10.0 Å². The second kappa shape index (κ2) is 6.01. The Labute approximate surface area is 116 Å². The van der Waals surface area contributed by atoms with E-state index in [1.807, 2.05) is 6.92 Å². The van der Waals surface area contributed by atoms with E-state index in [0.717, 1.165) is 11.4 Å². The van der Waals surface area contributed by atoms with E-state index in [9.17, 15) is 9.90 Å².